The Balaban J connectivity index is 2.60. The van der Waals surface area contributed by atoms with Gasteiger partial charge in [-0.1, -0.05) is 147 Å². The molecule has 56 heavy (non-hydrogen) atoms. The smallest absolute Gasteiger partial charge is 0.392 e. The summed E-state index contributed by atoms with van der Waals surface area (Å²) in [5.74, 6) is -0.641. The molecule has 0 aromatic heterocycles. The van der Waals surface area contributed by atoms with Crippen LogP contribution >= 0.6 is 7.82 Å². The number of nitrogens with one attached hydrogen (secondary N) is 1. The van der Waals surface area contributed by atoms with Gasteiger partial charge >= 0.3 is 7.82 Å². The van der Waals surface area contributed by atoms with Crippen LogP contribution in [0.5, 0.6) is 0 Å². The van der Waals surface area contributed by atoms with Crippen LogP contribution in [0.1, 0.15) is 162 Å². The fraction of sp³-hybridized carbons (Fsp3) is 0.833. The van der Waals surface area contributed by atoms with Gasteiger partial charge in [0.2, 0.25) is 5.91 Å². The number of aliphatic hydroxyl groups excluding tert-OH is 7. The lowest BCUT2D eigenvalue weighted by Gasteiger charge is -2.41. The molecule has 0 spiro atoms. The van der Waals surface area contributed by atoms with Gasteiger partial charge in [-0.05, 0) is 44.9 Å². The first-order valence-corrected chi connectivity index (χ1v) is 23.0. The summed E-state index contributed by atoms with van der Waals surface area (Å²) in [4.78, 5) is 23.2. The van der Waals surface area contributed by atoms with Crippen molar-refractivity contribution in [2.24, 2.45) is 0 Å². The second-order valence-corrected chi connectivity index (χ2v) is 16.8. The molecule has 1 amide bonds. The van der Waals surface area contributed by atoms with Gasteiger partial charge < -0.3 is 46.0 Å². The van der Waals surface area contributed by atoms with Crippen molar-refractivity contribution in [2.75, 3.05) is 6.61 Å². The average Bonchev–Trinajstić information content (AvgIpc) is 3.17. The number of carbonyl (C=O) groups is 1. The lowest BCUT2D eigenvalue weighted by Crippen LogP contribution is -2.64. The van der Waals surface area contributed by atoms with Crippen LogP contribution in [0, 0.1) is 0 Å². The number of phosphoric acid groups is 1. The van der Waals surface area contributed by atoms with Gasteiger partial charge in [0.05, 0.1) is 31.3 Å². The van der Waals surface area contributed by atoms with Crippen LogP contribution in [0.15, 0.2) is 36.5 Å². The molecular formula is C42H78NO12P. The maximum absolute atomic E-state index is 12.9. The number of hydrogen-bond acceptors (Lipinski definition) is 11. The Bertz CT molecular complexity index is 1110. The van der Waals surface area contributed by atoms with E-state index < -0.39 is 75.2 Å². The summed E-state index contributed by atoms with van der Waals surface area (Å²) in [6.07, 6.45) is 21.5. The van der Waals surface area contributed by atoms with E-state index in [0.29, 0.717) is 6.42 Å². The van der Waals surface area contributed by atoms with Crippen molar-refractivity contribution in [3.05, 3.63) is 36.5 Å². The number of unbranched alkanes of at least 4 members (excludes halogenated alkanes) is 18. The van der Waals surface area contributed by atoms with Gasteiger partial charge in [0.1, 0.15) is 36.6 Å². The highest BCUT2D eigenvalue weighted by Crippen LogP contribution is 2.47. The SMILES string of the molecule is CCCCCC/C=C\CC(O)CC(=O)NC(COP(=O)(O)OC1C(O)C(O)C(O)C(O)C1O)C(O)/C=C/CC/C=C/CCCCCCCCCCCCCCC. The van der Waals surface area contributed by atoms with Crippen molar-refractivity contribution in [3.8, 4) is 0 Å². The predicted molar refractivity (Wildman–Crippen MR) is 220 cm³/mol. The number of aliphatic hydroxyl groups is 7. The molecule has 1 rings (SSSR count). The van der Waals surface area contributed by atoms with Gasteiger partial charge in [0, 0.05) is 0 Å². The molecule has 328 valence electrons. The minimum Gasteiger partial charge on any atom is -0.392 e. The summed E-state index contributed by atoms with van der Waals surface area (Å²) in [6.45, 7) is 3.63. The van der Waals surface area contributed by atoms with E-state index in [2.05, 4.69) is 31.3 Å². The van der Waals surface area contributed by atoms with E-state index in [9.17, 15) is 50.0 Å². The van der Waals surface area contributed by atoms with Crippen LogP contribution in [0.25, 0.3) is 0 Å². The van der Waals surface area contributed by atoms with Crippen LogP contribution in [-0.4, -0.2) is 108 Å². The van der Waals surface area contributed by atoms with Crippen LogP contribution in [0.3, 0.4) is 0 Å². The second-order valence-electron chi connectivity index (χ2n) is 15.4. The minimum absolute atomic E-state index is 0.246. The van der Waals surface area contributed by atoms with Gasteiger partial charge in [-0.25, -0.2) is 4.57 Å². The average molecular weight is 820 g/mol. The van der Waals surface area contributed by atoms with E-state index in [1.807, 2.05) is 12.2 Å². The highest BCUT2D eigenvalue weighted by molar-refractivity contribution is 7.47. The maximum Gasteiger partial charge on any atom is 0.472 e. The van der Waals surface area contributed by atoms with Gasteiger partial charge in [-0.3, -0.25) is 13.8 Å². The van der Waals surface area contributed by atoms with E-state index in [1.54, 1.807) is 6.08 Å². The Kier molecular flexibility index (Phi) is 30.4. The molecule has 1 saturated carbocycles. The standard InChI is InChI=1S/C42H78NO12P/c1-3-5-7-9-11-12-13-14-15-16-17-18-19-20-21-22-24-26-28-30-35(45)34(43-36(46)31-33(44)29-27-25-23-10-8-6-4-2)32-54-56(52,53)55-42-40(50)38(48)37(47)39(49)41(42)51/h21-22,25,27-28,30,33-35,37-42,44-45,47-51H,3-20,23-24,26,29,31-32H2,1-2H3,(H,43,46)(H,52,53)/b22-21+,27-25-,30-28+. The third-order valence-corrected chi connectivity index (χ3v) is 11.2. The summed E-state index contributed by atoms with van der Waals surface area (Å²) in [6, 6.07) is -1.27. The van der Waals surface area contributed by atoms with Crippen molar-refractivity contribution < 1.29 is 59.0 Å². The van der Waals surface area contributed by atoms with Crippen molar-refractivity contribution in [2.45, 2.75) is 216 Å². The molecule has 0 aromatic carbocycles. The zero-order valence-electron chi connectivity index (χ0n) is 34.3. The zero-order valence-corrected chi connectivity index (χ0v) is 35.2. The zero-order chi connectivity index (χ0) is 41.6. The Morgan fingerprint density at radius 2 is 1.05 bits per heavy atom. The molecule has 0 aromatic rings. The van der Waals surface area contributed by atoms with Crippen LogP contribution in [0.2, 0.25) is 0 Å². The summed E-state index contributed by atoms with van der Waals surface area (Å²) < 4.78 is 22.7. The molecule has 0 heterocycles. The Hall–Kier alpha value is -1.48. The molecule has 0 radical (unpaired) electrons. The lowest BCUT2D eigenvalue weighted by molar-refractivity contribution is -0.220. The van der Waals surface area contributed by atoms with E-state index in [4.69, 9.17) is 9.05 Å². The quantitative estimate of drug-likeness (QED) is 0.0201. The van der Waals surface area contributed by atoms with Gasteiger partial charge in [0.25, 0.3) is 0 Å². The molecule has 1 aliphatic carbocycles. The van der Waals surface area contributed by atoms with E-state index >= 15 is 0 Å². The highest BCUT2D eigenvalue weighted by Gasteiger charge is 2.51. The van der Waals surface area contributed by atoms with Crippen LogP contribution < -0.4 is 5.32 Å². The maximum atomic E-state index is 12.9. The van der Waals surface area contributed by atoms with Gasteiger partial charge in [0.15, 0.2) is 0 Å². The van der Waals surface area contributed by atoms with Gasteiger partial charge in [-0.15, -0.1) is 0 Å². The molecule has 1 aliphatic rings. The molecule has 0 saturated heterocycles. The van der Waals surface area contributed by atoms with Crippen molar-refractivity contribution in [1.82, 2.24) is 5.32 Å². The third-order valence-electron chi connectivity index (χ3n) is 10.2. The number of phosphoric ester groups is 1. The van der Waals surface area contributed by atoms with E-state index in [-0.39, 0.29) is 12.8 Å². The highest BCUT2D eigenvalue weighted by atomic mass is 31.2. The van der Waals surface area contributed by atoms with Crippen LogP contribution in [0.4, 0.5) is 0 Å². The topological polar surface area (TPSA) is 226 Å². The molecule has 9 N–H and O–H groups in total. The molecule has 1 fully saturated rings. The molecular weight excluding hydrogens is 741 g/mol. The minimum atomic E-state index is -5.15. The number of hydrogen-bond donors (Lipinski definition) is 9. The fourth-order valence-electron chi connectivity index (χ4n) is 6.61. The Morgan fingerprint density at radius 3 is 1.59 bits per heavy atom. The lowest BCUT2D eigenvalue weighted by atomic mass is 9.85. The molecule has 0 aliphatic heterocycles. The first-order valence-electron chi connectivity index (χ1n) is 21.5. The Labute approximate surface area is 336 Å². The van der Waals surface area contributed by atoms with Crippen molar-refractivity contribution >= 4 is 13.7 Å². The summed E-state index contributed by atoms with van der Waals surface area (Å²) in [7, 11) is -5.15. The predicted octanol–water partition coefficient (Wildman–Crippen LogP) is 6.19. The first kappa shape index (κ1) is 52.5. The monoisotopic (exact) mass is 820 g/mol. The molecule has 14 heteroatoms. The number of rotatable bonds is 34. The Morgan fingerprint density at radius 1 is 0.625 bits per heavy atom. The number of allylic oxidation sites excluding steroid dienone is 4. The largest absolute Gasteiger partial charge is 0.472 e. The summed E-state index contributed by atoms with van der Waals surface area (Å²) >= 11 is 0. The van der Waals surface area contributed by atoms with E-state index in [0.717, 1.165) is 51.4 Å². The molecule has 8 atom stereocenters. The third kappa shape index (κ3) is 24.4. The van der Waals surface area contributed by atoms with Crippen LogP contribution in [-0.2, 0) is 18.4 Å². The van der Waals surface area contributed by atoms with E-state index in [1.165, 1.54) is 83.1 Å². The molecule has 8 unspecified atom stereocenters. The molecule has 13 nitrogen and oxygen atoms in total. The fourth-order valence-corrected chi connectivity index (χ4v) is 7.57. The number of carbonyl (C=O) groups excluding carboxylic acids is 1. The number of amides is 1. The summed E-state index contributed by atoms with van der Waals surface area (Å²) in [5.41, 5.74) is 0. The van der Waals surface area contributed by atoms with Crippen molar-refractivity contribution in [3.63, 3.8) is 0 Å². The molecule has 0 bridgehead atoms. The van der Waals surface area contributed by atoms with Gasteiger partial charge in [-0.2, -0.15) is 0 Å². The normalized spacial score (nSPS) is 24.5. The second kappa shape index (κ2) is 32.4. The van der Waals surface area contributed by atoms with Crippen molar-refractivity contribution in [1.29, 1.82) is 0 Å². The summed E-state index contributed by atoms with van der Waals surface area (Å²) in [5, 5.41) is 74.0. The first-order chi connectivity index (χ1) is 26.8.